The van der Waals surface area contributed by atoms with E-state index in [0.29, 0.717) is 11.9 Å². The van der Waals surface area contributed by atoms with Crippen LogP contribution in [0.4, 0.5) is 5.82 Å². The highest BCUT2D eigenvalue weighted by molar-refractivity contribution is 5.26. The van der Waals surface area contributed by atoms with Crippen LogP contribution < -0.4 is 11.4 Å². The minimum absolute atomic E-state index is 0.286. The zero-order valence-electron chi connectivity index (χ0n) is 8.87. The zero-order valence-corrected chi connectivity index (χ0v) is 8.87. The summed E-state index contributed by atoms with van der Waals surface area (Å²) in [7, 11) is 0. The largest absolute Gasteiger partial charge is 0.385 e. The SMILES string of the molecule is Nc1ccnc(=O)n1C1CC2CCCN2O1. The number of aromatic nitrogens is 2. The summed E-state index contributed by atoms with van der Waals surface area (Å²) in [6.45, 7) is 0.941. The van der Waals surface area contributed by atoms with Gasteiger partial charge in [-0.2, -0.15) is 5.06 Å². The van der Waals surface area contributed by atoms with Gasteiger partial charge >= 0.3 is 5.69 Å². The van der Waals surface area contributed by atoms with Crippen molar-refractivity contribution in [1.29, 1.82) is 0 Å². The van der Waals surface area contributed by atoms with E-state index in [1.54, 1.807) is 6.07 Å². The van der Waals surface area contributed by atoms with Gasteiger partial charge in [0.15, 0.2) is 6.23 Å². The Bertz CT molecular complexity index is 446. The molecule has 1 aromatic rings. The van der Waals surface area contributed by atoms with E-state index in [4.69, 9.17) is 10.6 Å². The molecule has 1 aromatic heterocycles. The fourth-order valence-electron chi connectivity index (χ4n) is 2.49. The Labute approximate surface area is 92.6 Å². The molecular formula is C10H14N4O2. The average Bonchev–Trinajstić information content (AvgIpc) is 2.77. The Morgan fingerprint density at radius 1 is 1.56 bits per heavy atom. The number of nitrogens with zero attached hydrogens (tertiary/aromatic N) is 3. The first-order valence-electron chi connectivity index (χ1n) is 5.52. The van der Waals surface area contributed by atoms with Crippen molar-refractivity contribution < 1.29 is 4.84 Å². The molecular weight excluding hydrogens is 208 g/mol. The molecule has 2 aliphatic heterocycles. The Hall–Kier alpha value is -1.40. The zero-order chi connectivity index (χ0) is 11.1. The van der Waals surface area contributed by atoms with Crippen LogP contribution in [0.1, 0.15) is 25.5 Å². The van der Waals surface area contributed by atoms with E-state index in [2.05, 4.69) is 4.98 Å². The molecule has 2 saturated heterocycles. The normalized spacial score (nSPS) is 29.5. The number of nitrogen functional groups attached to an aromatic ring is 1. The molecule has 0 saturated carbocycles. The van der Waals surface area contributed by atoms with Crippen molar-refractivity contribution in [2.24, 2.45) is 0 Å². The first-order chi connectivity index (χ1) is 7.75. The highest BCUT2D eigenvalue weighted by Crippen LogP contribution is 2.35. The van der Waals surface area contributed by atoms with Crippen molar-refractivity contribution in [1.82, 2.24) is 14.6 Å². The van der Waals surface area contributed by atoms with Gasteiger partial charge in [0.1, 0.15) is 5.82 Å². The fourth-order valence-corrected chi connectivity index (χ4v) is 2.49. The van der Waals surface area contributed by atoms with Gasteiger partial charge in [0.25, 0.3) is 0 Å². The highest BCUT2D eigenvalue weighted by atomic mass is 16.7. The molecule has 3 rings (SSSR count). The molecule has 86 valence electrons. The second kappa shape index (κ2) is 3.57. The topological polar surface area (TPSA) is 73.4 Å². The summed E-state index contributed by atoms with van der Waals surface area (Å²) in [5, 5.41) is 1.96. The van der Waals surface area contributed by atoms with Gasteiger partial charge in [-0.05, 0) is 18.9 Å². The van der Waals surface area contributed by atoms with Crippen LogP contribution in [0.3, 0.4) is 0 Å². The van der Waals surface area contributed by atoms with Crippen molar-refractivity contribution in [3.8, 4) is 0 Å². The van der Waals surface area contributed by atoms with Crippen LogP contribution in [0, 0.1) is 0 Å². The standard InChI is InChI=1S/C10H14N4O2/c11-8-3-4-12-10(15)14(8)9-6-7-2-1-5-13(7)16-9/h3-4,7,9H,1-2,5-6,11H2. The summed E-state index contributed by atoms with van der Waals surface area (Å²) < 4.78 is 1.43. The molecule has 2 N–H and O–H groups in total. The first-order valence-corrected chi connectivity index (χ1v) is 5.52. The minimum Gasteiger partial charge on any atom is -0.385 e. The maximum absolute atomic E-state index is 11.6. The smallest absolute Gasteiger partial charge is 0.351 e. The van der Waals surface area contributed by atoms with Crippen LogP contribution in [0.25, 0.3) is 0 Å². The fraction of sp³-hybridized carbons (Fsp3) is 0.600. The summed E-state index contributed by atoms with van der Waals surface area (Å²) >= 11 is 0. The van der Waals surface area contributed by atoms with Crippen LogP contribution in [0.15, 0.2) is 17.1 Å². The summed E-state index contributed by atoms with van der Waals surface area (Å²) in [6, 6.07) is 2.05. The van der Waals surface area contributed by atoms with Gasteiger partial charge in [-0.15, -0.1) is 0 Å². The summed E-state index contributed by atoms with van der Waals surface area (Å²) in [6.07, 6.45) is 4.24. The third-order valence-electron chi connectivity index (χ3n) is 3.26. The Kier molecular flexibility index (Phi) is 2.19. The third kappa shape index (κ3) is 1.42. The molecule has 0 amide bonds. The Morgan fingerprint density at radius 3 is 3.19 bits per heavy atom. The van der Waals surface area contributed by atoms with Crippen LogP contribution in [0.2, 0.25) is 0 Å². The molecule has 0 bridgehead atoms. The van der Waals surface area contributed by atoms with Gasteiger partial charge in [0, 0.05) is 25.2 Å². The third-order valence-corrected chi connectivity index (χ3v) is 3.26. The second-order valence-corrected chi connectivity index (χ2v) is 4.25. The number of hydrogen-bond donors (Lipinski definition) is 1. The predicted octanol–water partition coefficient (Wildman–Crippen LogP) is 0.124. The number of fused-ring (bicyclic) bond motifs is 1. The molecule has 0 aliphatic carbocycles. The number of hydroxylamine groups is 2. The molecule has 2 unspecified atom stereocenters. The summed E-state index contributed by atoms with van der Waals surface area (Å²) in [4.78, 5) is 21.0. The van der Waals surface area contributed by atoms with Crippen LogP contribution in [0.5, 0.6) is 0 Å². The van der Waals surface area contributed by atoms with Crippen molar-refractivity contribution in [3.05, 3.63) is 22.7 Å². The number of rotatable bonds is 1. The first kappa shape index (κ1) is 9.80. The lowest BCUT2D eigenvalue weighted by molar-refractivity contribution is -0.170. The van der Waals surface area contributed by atoms with Gasteiger partial charge in [0.05, 0.1) is 0 Å². The van der Waals surface area contributed by atoms with Crippen LogP contribution in [-0.2, 0) is 4.84 Å². The molecule has 6 heteroatoms. The minimum atomic E-state index is -0.342. The van der Waals surface area contributed by atoms with Crippen LogP contribution >= 0.6 is 0 Å². The molecule has 16 heavy (non-hydrogen) atoms. The molecule has 3 heterocycles. The molecule has 0 radical (unpaired) electrons. The van der Waals surface area contributed by atoms with Gasteiger partial charge in [-0.3, -0.25) is 4.84 Å². The van der Waals surface area contributed by atoms with Gasteiger partial charge in [-0.1, -0.05) is 0 Å². The second-order valence-electron chi connectivity index (χ2n) is 4.25. The highest BCUT2D eigenvalue weighted by Gasteiger charge is 2.38. The number of hydrogen-bond acceptors (Lipinski definition) is 5. The van der Waals surface area contributed by atoms with Crippen molar-refractivity contribution >= 4 is 5.82 Å². The van der Waals surface area contributed by atoms with Gasteiger partial charge < -0.3 is 5.73 Å². The van der Waals surface area contributed by atoms with E-state index < -0.39 is 0 Å². The van der Waals surface area contributed by atoms with E-state index in [1.807, 2.05) is 5.06 Å². The van der Waals surface area contributed by atoms with E-state index in [9.17, 15) is 4.79 Å². The average molecular weight is 222 g/mol. The quantitative estimate of drug-likeness (QED) is 0.730. The van der Waals surface area contributed by atoms with E-state index in [1.165, 1.54) is 10.8 Å². The lowest BCUT2D eigenvalue weighted by Gasteiger charge is -2.16. The molecule has 0 aromatic carbocycles. The van der Waals surface area contributed by atoms with Gasteiger partial charge in [0.2, 0.25) is 0 Å². The Balaban J connectivity index is 1.92. The van der Waals surface area contributed by atoms with E-state index >= 15 is 0 Å². The molecule has 2 atom stereocenters. The predicted molar refractivity (Wildman–Crippen MR) is 57.4 cm³/mol. The monoisotopic (exact) mass is 222 g/mol. The maximum Gasteiger partial charge on any atom is 0.351 e. The van der Waals surface area contributed by atoms with Crippen molar-refractivity contribution in [2.75, 3.05) is 12.3 Å². The maximum atomic E-state index is 11.6. The van der Waals surface area contributed by atoms with Crippen molar-refractivity contribution in [2.45, 2.75) is 31.5 Å². The lowest BCUT2D eigenvalue weighted by Crippen LogP contribution is -2.29. The molecule has 2 fully saturated rings. The lowest BCUT2D eigenvalue weighted by atomic mass is 10.1. The number of nitrogens with two attached hydrogens (primary N) is 1. The Morgan fingerprint density at radius 2 is 2.44 bits per heavy atom. The molecule has 2 aliphatic rings. The summed E-state index contributed by atoms with van der Waals surface area (Å²) in [5.41, 5.74) is 5.43. The van der Waals surface area contributed by atoms with E-state index in [-0.39, 0.29) is 11.9 Å². The molecule has 0 spiro atoms. The van der Waals surface area contributed by atoms with Crippen molar-refractivity contribution in [3.63, 3.8) is 0 Å². The van der Waals surface area contributed by atoms with E-state index in [0.717, 1.165) is 25.8 Å². The molecule has 6 nitrogen and oxygen atoms in total. The van der Waals surface area contributed by atoms with Crippen LogP contribution in [-0.4, -0.2) is 27.2 Å². The number of anilines is 1. The summed E-state index contributed by atoms with van der Waals surface area (Å²) in [5.74, 6) is 0.408. The van der Waals surface area contributed by atoms with Gasteiger partial charge in [-0.25, -0.2) is 14.3 Å².